The smallest absolute Gasteiger partial charge is 0.408 e. The summed E-state index contributed by atoms with van der Waals surface area (Å²) in [5, 5.41) is 11.2. The molecule has 1 aromatic rings. The molecule has 0 spiro atoms. The van der Waals surface area contributed by atoms with Crippen LogP contribution in [0.2, 0.25) is 0 Å². The fourth-order valence-corrected chi connectivity index (χ4v) is 1.46. The molecule has 5 nitrogen and oxygen atoms in total. The van der Waals surface area contributed by atoms with Gasteiger partial charge in [0.05, 0.1) is 13.0 Å². The van der Waals surface area contributed by atoms with Gasteiger partial charge in [-0.2, -0.15) is 0 Å². The van der Waals surface area contributed by atoms with Crippen LogP contribution in [0.5, 0.6) is 0 Å². The third-order valence-corrected chi connectivity index (χ3v) is 2.26. The third kappa shape index (κ3) is 7.63. The van der Waals surface area contributed by atoms with E-state index in [0.29, 0.717) is 0 Å². The number of hydrogen-bond acceptors (Lipinski definition) is 3. The molecule has 0 unspecified atom stereocenters. The van der Waals surface area contributed by atoms with E-state index < -0.39 is 17.7 Å². The van der Waals surface area contributed by atoms with E-state index in [1.165, 1.54) is 0 Å². The van der Waals surface area contributed by atoms with Gasteiger partial charge in [0.25, 0.3) is 0 Å². The summed E-state index contributed by atoms with van der Waals surface area (Å²) in [6, 6.07) is 6.94. The zero-order valence-corrected chi connectivity index (χ0v) is 12.4. The quantitative estimate of drug-likeness (QED) is 0.836. The van der Waals surface area contributed by atoms with Crippen molar-refractivity contribution in [3.63, 3.8) is 0 Å². The molecule has 0 radical (unpaired) electrons. The molecule has 0 aliphatic rings. The highest BCUT2D eigenvalue weighted by molar-refractivity contribution is 5.70. The van der Waals surface area contributed by atoms with Crippen molar-refractivity contribution in [2.45, 2.75) is 32.8 Å². The van der Waals surface area contributed by atoms with Crippen molar-refractivity contribution in [1.82, 2.24) is 5.32 Å². The van der Waals surface area contributed by atoms with Gasteiger partial charge in [-0.15, -0.1) is 0 Å². The summed E-state index contributed by atoms with van der Waals surface area (Å²) < 4.78 is 5.07. The van der Waals surface area contributed by atoms with Crippen LogP contribution in [0, 0.1) is 11.8 Å². The first-order valence-corrected chi connectivity index (χ1v) is 6.53. The lowest BCUT2D eigenvalue weighted by atomic mass is 10.1. The normalized spacial score (nSPS) is 10.2. The number of rotatable bonds is 3. The highest BCUT2D eigenvalue weighted by Gasteiger charge is 2.14. The van der Waals surface area contributed by atoms with Gasteiger partial charge in [-0.1, -0.05) is 24.0 Å². The second kappa shape index (κ2) is 7.34. The standard InChI is InChI=1S/C16H19NO4/c1-16(2,3)21-15(20)17-10-4-5-12-6-8-13(9-7-12)11-14(18)19/h6-9H,10-11H2,1-3H3,(H,17,20)(H,18,19). The Labute approximate surface area is 124 Å². The topological polar surface area (TPSA) is 75.6 Å². The molecule has 0 heterocycles. The molecule has 21 heavy (non-hydrogen) atoms. The summed E-state index contributed by atoms with van der Waals surface area (Å²) in [5.41, 5.74) is 0.951. The zero-order valence-electron chi connectivity index (χ0n) is 12.4. The van der Waals surface area contributed by atoms with E-state index in [2.05, 4.69) is 17.2 Å². The number of carboxylic acids is 1. The molecule has 0 atom stereocenters. The molecule has 1 amide bonds. The van der Waals surface area contributed by atoms with E-state index in [-0.39, 0.29) is 13.0 Å². The minimum atomic E-state index is -0.865. The minimum absolute atomic E-state index is 0.00604. The number of ether oxygens (including phenoxy) is 1. The van der Waals surface area contributed by atoms with Gasteiger partial charge in [-0.05, 0) is 38.5 Å². The SMILES string of the molecule is CC(C)(C)OC(=O)NCC#Cc1ccc(CC(=O)O)cc1. The van der Waals surface area contributed by atoms with Crippen LogP contribution < -0.4 is 5.32 Å². The van der Waals surface area contributed by atoms with E-state index in [0.717, 1.165) is 11.1 Å². The summed E-state index contributed by atoms with van der Waals surface area (Å²) in [5.74, 6) is 4.81. The molecule has 0 saturated heterocycles. The van der Waals surface area contributed by atoms with Crippen LogP contribution in [-0.4, -0.2) is 29.3 Å². The van der Waals surface area contributed by atoms with E-state index in [1.807, 2.05) is 0 Å². The first kappa shape index (κ1) is 16.6. The van der Waals surface area contributed by atoms with E-state index in [1.54, 1.807) is 45.0 Å². The zero-order chi connectivity index (χ0) is 15.9. The van der Waals surface area contributed by atoms with Crippen molar-refractivity contribution in [3.05, 3.63) is 35.4 Å². The Hall–Kier alpha value is -2.48. The van der Waals surface area contributed by atoms with Crippen LogP contribution in [-0.2, 0) is 16.0 Å². The number of aliphatic carboxylic acids is 1. The molecule has 0 aliphatic heterocycles. The molecule has 112 valence electrons. The average Bonchev–Trinajstić information content (AvgIpc) is 2.34. The maximum atomic E-state index is 11.4. The van der Waals surface area contributed by atoms with Gasteiger partial charge in [0.2, 0.25) is 0 Å². The molecule has 1 aromatic carbocycles. The Bertz CT molecular complexity index is 559. The van der Waals surface area contributed by atoms with Gasteiger partial charge in [0.15, 0.2) is 0 Å². The van der Waals surface area contributed by atoms with Crippen molar-refractivity contribution in [1.29, 1.82) is 0 Å². The summed E-state index contributed by atoms with van der Waals surface area (Å²) in [6.45, 7) is 5.55. The van der Waals surface area contributed by atoms with Crippen molar-refractivity contribution in [2.75, 3.05) is 6.54 Å². The van der Waals surface area contributed by atoms with Gasteiger partial charge in [-0.3, -0.25) is 4.79 Å². The average molecular weight is 289 g/mol. The Kier molecular flexibility index (Phi) is 5.79. The summed E-state index contributed by atoms with van der Waals surface area (Å²) in [7, 11) is 0. The number of carboxylic acid groups (broad SMARTS) is 1. The molecular formula is C16H19NO4. The monoisotopic (exact) mass is 289 g/mol. The van der Waals surface area contributed by atoms with Crippen molar-refractivity contribution in [3.8, 4) is 11.8 Å². The maximum Gasteiger partial charge on any atom is 0.408 e. The predicted molar refractivity (Wildman–Crippen MR) is 78.9 cm³/mol. The Morgan fingerprint density at radius 3 is 2.38 bits per heavy atom. The Morgan fingerprint density at radius 1 is 1.24 bits per heavy atom. The van der Waals surface area contributed by atoms with Gasteiger partial charge >= 0.3 is 12.1 Å². The van der Waals surface area contributed by atoms with Crippen molar-refractivity contribution in [2.24, 2.45) is 0 Å². The van der Waals surface area contributed by atoms with Crippen LogP contribution in [0.1, 0.15) is 31.9 Å². The van der Waals surface area contributed by atoms with Crippen molar-refractivity contribution < 1.29 is 19.4 Å². The highest BCUT2D eigenvalue weighted by atomic mass is 16.6. The lowest BCUT2D eigenvalue weighted by Gasteiger charge is -2.18. The number of amides is 1. The molecule has 0 bridgehead atoms. The fourth-order valence-electron chi connectivity index (χ4n) is 1.46. The molecule has 0 saturated carbocycles. The summed E-state index contributed by atoms with van der Waals surface area (Å²) in [6.07, 6.45) is -0.512. The fraction of sp³-hybridized carbons (Fsp3) is 0.375. The van der Waals surface area contributed by atoms with E-state index >= 15 is 0 Å². The maximum absolute atomic E-state index is 11.4. The number of carbonyl (C=O) groups excluding carboxylic acids is 1. The first-order chi connectivity index (χ1) is 9.76. The molecule has 1 rings (SSSR count). The van der Waals surface area contributed by atoms with Gasteiger partial charge in [0, 0.05) is 5.56 Å². The predicted octanol–water partition coefficient (Wildman–Crippen LogP) is 2.19. The van der Waals surface area contributed by atoms with Crippen LogP contribution in [0.25, 0.3) is 0 Å². The van der Waals surface area contributed by atoms with Crippen LogP contribution in [0.15, 0.2) is 24.3 Å². The van der Waals surface area contributed by atoms with Gasteiger partial charge in [0.1, 0.15) is 5.60 Å². The van der Waals surface area contributed by atoms with Crippen molar-refractivity contribution >= 4 is 12.1 Å². The lowest BCUT2D eigenvalue weighted by Crippen LogP contribution is -2.32. The van der Waals surface area contributed by atoms with Crippen LogP contribution >= 0.6 is 0 Å². The molecule has 0 fully saturated rings. The number of hydrogen-bond donors (Lipinski definition) is 2. The second-order valence-corrected chi connectivity index (χ2v) is 5.42. The Balaban J connectivity index is 2.45. The highest BCUT2D eigenvalue weighted by Crippen LogP contribution is 2.06. The van der Waals surface area contributed by atoms with E-state index in [4.69, 9.17) is 9.84 Å². The lowest BCUT2D eigenvalue weighted by molar-refractivity contribution is -0.136. The van der Waals surface area contributed by atoms with E-state index in [9.17, 15) is 9.59 Å². The first-order valence-electron chi connectivity index (χ1n) is 6.53. The second-order valence-electron chi connectivity index (χ2n) is 5.42. The van der Waals surface area contributed by atoms with Crippen LogP contribution in [0.4, 0.5) is 4.79 Å². The number of alkyl carbamates (subject to hydrolysis) is 1. The van der Waals surface area contributed by atoms with Gasteiger partial charge in [-0.25, -0.2) is 4.79 Å². The number of nitrogens with one attached hydrogen (secondary N) is 1. The largest absolute Gasteiger partial charge is 0.481 e. The van der Waals surface area contributed by atoms with Crippen LogP contribution in [0.3, 0.4) is 0 Å². The Morgan fingerprint density at radius 2 is 1.86 bits per heavy atom. The summed E-state index contributed by atoms with van der Waals surface area (Å²) in [4.78, 5) is 21.9. The number of benzene rings is 1. The molecular weight excluding hydrogens is 270 g/mol. The number of carbonyl (C=O) groups is 2. The third-order valence-electron chi connectivity index (χ3n) is 2.26. The molecule has 0 aliphatic carbocycles. The minimum Gasteiger partial charge on any atom is -0.481 e. The molecule has 2 N–H and O–H groups in total. The summed E-state index contributed by atoms with van der Waals surface area (Å²) >= 11 is 0. The van der Waals surface area contributed by atoms with Gasteiger partial charge < -0.3 is 15.2 Å². The molecule has 5 heteroatoms. The molecule has 0 aromatic heterocycles.